The number of hydrogen-bond donors (Lipinski definition) is 0. The predicted octanol–water partition coefficient (Wildman–Crippen LogP) is 11.6. The number of rotatable bonds is 6. The molecular formula is C46H32N4. The Morgan fingerprint density at radius 1 is 0.320 bits per heavy atom. The molecule has 0 saturated carbocycles. The van der Waals surface area contributed by atoms with E-state index in [-0.39, 0.29) is 0 Å². The smallest absolute Gasteiger partial charge is 0.0900 e. The van der Waals surface area contributed by atoms with E-state index < -0.39 is 0 Å². The van der Waals surface area contributed by atoms with E-state index in [2.05, 4.69) is 152 Å². The van der Waals surface area contributed by atoms with E-state index in [0.29, 0.717) is 0 Å². The zero-order valence-electron chi connectivity index (χ0n) is 27.4. The van der Waals surface area contributed by atoms with E-state index in [1.165, 1.54) is 5.57 Å². The van der Waals surface area contributed by atoms with Crippen molar-refractivity contribution in [3.8, 4) is 56.0 Å². The van der Waals surface area contributed by atoms with Gasteiger partial charge >= 0.3 is 0 Å². The van der Waals surface area contributed by atoms with Gasteiger partial charge in [0.25, 0.3) is 0 Å². The van der Waals surface area contributed by atoms with E-state index in [1.807, 2.05) is 18.2 Å². The fourth-order valence-corrected chi connectivity index (χ4v) is 6.65. The molecule has 0 atom stereocenters. The van der Waals surface area contributed by atoms with Crippen LogP contribution in [-0.4, -0.2) is 19.9 Å². The maximum atomic E-state index is 5.11. The van der Waals surface area contributed by atoms with Crippen LogP contribution in [0, 0.1) is 0 Å². The number of hydrogen-bond acceptors (Lipinski definition) is 4. The number of aromatic nitrogens is 4. The van der Waals surface area contributed by atoms with Gasteiger partial charge < -0.3 is 0 Å². The normalized spacial score (nSPS) is 12.7. The highest BCUT2D eigenvalue weighted by Gasteiger charge is 2.14. The van der Waals surface area contributed by atoms with Gasteiger partial charge in [-0.3, -0.25) is 0 Å². The molecule has 50 heavy (non-hydrogen) atoms. The Morgan fingerprint density at radius 3 is 1.20 bits per heavy atom. The third-order valence-electron chi connectivity index (χ3n) is 9.25. The molecule has 3 heterocycles. The summed E-state index contributed by atoms with van der Waals surface area (Å²) in [6.45, 7) is 0. The minimum atomic E-state index is 0.857. The summed E-state index contributed by atoms with van der Waals surface area (Å²) in [6.07, 6.45) is 8.80. The van der Waals surface area contributed by atoms with Crippen molar-refractivity contribution in [2.75, 3.05) is 0 Å². The van der Waals surface area contributed by atoms with E-state index in [9.17, 15) is 0 Å². The van der Waals surface area contributed by atoms with Gasteiger partial charge in [0.1, 0.15) is 0 Å². The van der Waals surface area contributed by atoms with Crippen molar-refractivity contribution in [1.29, 1.82) is 0 Å². The maximum Gasteiger partial charge on any atom is 0.0900 e. The molecule has 1 aliphatic carbocycles. The Balaban J connectivity index is 1.12. The second kappa shape index (κ2) is 12.8. The Morgan fingerprint density at radius 2 is 0.760 bits per heavy atom. The highest BCUT2D eigenvalue weighted by Crippen LogP contribution is 2.34. The van der Waals surface area contributed by atoms with Gasteiger partial charge in [0.15, 0.2) is 0 Å². The molecule has 4 nitrogen and oxygen atoms in total. The Labute approximate surface area is 291 Å². The molecular weight excluding hydrogens is 609 g/mol. The molecule has 0 spiro atoms. The molecule has 236 valence electrons. The Hall–Kier alpha value is -6.52. The molecule has 3 aromatic heterocycles. The lowest BCUT2D eigenvalue weighted by Crippen LogP contribution is -1.95. The van der Waals surface area contributed by atoms with Crippen molar-refractivity contribution in [2.45, 2.75) is 12.8 Å². The van der Waals surface area contributed by atoms with Gasteiger partial charge in [-0.25, -0.2) is 19.9 Å². The summed E-state index contributed by atoms with van der Waals surface area (Å²) in [5.41, 5.74) is 16.0. The van der Waals surface area contributed by atoms with E-state index >= 15 is 0 Å². The predicted molar refractivity (Wildman–Crippen MR) is 206 cm³/mol. The quantitative estimate of drug-likeness (QED) is 0.170. The standard InChI is InChI=1S/C46H32N4/c1-5-13-31(14-6-1)41-27-37(28-42(49-41)32-15-7-2-8-16-32)35-21-23-39-45(25-35)47-40-24-22-36(26-46(40)48-39)38-29-43(33-17-9-3-10-18-33)50-44(30-38)34-19-11-4-12-20-34/h1-3,5-11,13-30H,4,12H2. The molecule has 9 rings (SSSR count). The van der Waals surface area contributed by atoms with E-state index in [1.54, 1.807) is 0 Å². The van der Waals surface area contributed by atoms with Crippen molar-refractivity contribution >= 4 is 27.6 Å². The van der Waals surface area contributed by atoms with Gasteiger partial charge in [0.05, 0.1) is 44.8 Å². The number of pyridine rings is 2. The van der Waals surface area contributed by atoms with Crippen molar-refractivity contribution in [3.05, 3.63) is 176 Å². The van der Waals surface area contributed by atoms with Crippen molar-refractivity contribution < 1.29 is 0 Å². The van der Waals surface area contributed by atoms with Gasteiger partial charge in [0, 0.05) is 16.7 Å². The van der Waals surface area contributed by atoms with Gasteiger partial charge in [-0.05, 0) is 89.2 Å². The fourth-order valence-electron chi connectivity index (χ4n) is 6.65. The molecule has 1 aliphatic rings. The summed E-state index contributed by atoms with van der Waals surface area (Å²) in [6, 6.07) is 52.5. The highest BCUT2D eigenvalue weighted by atomic mass is 14.8. The molecule has 0 amide bonds. The lowest BCUT2D eigenvalue weighted by Gasteiger charge is -2.13. The lowest BCUT2D eigenvalue weighted by atomic mass is 9.97. The van der Waals surface area contributed by atoms with Crippen LogP contribution in [-0.2, 0) is 0 Å². The summed E-state index contributed by atoms with van der Waals surface area (Å²) in [7, 11) is 0. The van der Waals surface area contributed by atoms with Crippen LogP contribution in [0.2, 0.25) is 0 Å². The first kappa shape index (κ1) is 29.6. The molecule has 8 aromatic rings. The second-order valence-corrected chi connectivity index (χ2v) is 12.6. The summed E-state index contributed by atoms with van der Waals surface area (Å²) in [4.78, 5) is 20.4. The van der Waals surface area contributed by atoms with Crippen LogP contribution in [0.4, 0.5) is 0 Å². The first-order chi connectivity index (χ1) is 24.7. The van der Waals surface area contributed by atoms with Crippen molar-refractivity contribution in [1.82, 2.24) is 19.9 Å². The monoisotopic (exact) mass is 640 g/mol. The number of fused-ring (bicyclic) bond motifs is 2. The van der Waals surface area contributed by atoms with Crippen molar-refractivity contribution in [3.63, 3.8) is 0 Å². The minimum Gasteiger partial charge on any atom is -0.248 e. The zero-order valence-corrected chi connectivity index (χ0v) is 27.4. The summed E-state index contributed by atoms with van der Waals surface area (Å²) < 4.78 is 0. The third kappa shape index (κ3) is 5.88. The second-order valence-electron chi connectivity index (χ2n) is 12.6. The summed E-state index contributed by atoms with van der Waals surface area (Å²) in [5, 5.41) is 0. The van der Waals surface area contributed by atoms with Crippen LogP contribution in [0.25, 0.3) is 83.7 Å². The number of benzene rings is 5. The first-order valence-corrected chi connectivity index (χ1v) is 17.0. The molecule has 0 radical (unpaired) electrons. The molecule has 4 heteroatoms. The van der Waals surface area contributed by atoms with Crippen LogP contribution in [0.15, 0.2) is 170 Å². The maximum absolute atomic E-state index is 5.11. The molecule has 0 aliphatic heterocycles. The highest BCUT2D eigenvalue weighted by molar-refractivity contribution is 5.92. The molecule has 5 aromatic carbocycles. The largest absolute Gasteiger partial charge is 0.248 e. The first-order valence-electron chi connectivity index (χ1n) is 17.0. The zero-order chi connectivity index (χ0) is 33.3. The number of nitrogens with zero attached hydrogens (tertiary/aromatic N) is 4. The van der Waals surface area contributed by atoms with Crippen LogP contribution in [0.3, 0.4) is 0 Å². The van der Waals surface area contributed by atoms with Gasteiger partial charge in [-0.2, -0.15) is 0 Å². The fraction of sp³-hybridized carbons (Fsp3) is 0.0435. The summed E-state index contributed by atoms with van der Waals surface area (Å²) >= 11 is 0. The lowest BCUT2D eigenvalue weighted by molar-refractivity contribution is 1.04. The van der Waals surface area contributed by atoms with Gasteiger partial charge in [-0.1, -0.05) is 121 Å². The van der Waals surface area contributed by atoms with Crippen LogP contribution in [0.1, 0.15) is 18.5 Å². The van der Waals surface area contributed by atoms with Crippen LogP contribution < -0.4 is 0 Å². The van der Waals surface area contributed by atoms with Crippen LogP contribution in [0.5, 0.6) is 0 Å². The molecule has 0 saturated heterocycles. The SMILES string of the molecule is C1=CC(c2cc(-c3ccc4nc5cc(-c6cc(-c7ccccc7)nc(-c7ccccc7)c6)ccc5nc4c3)cc(-c3ccccc3)n2)=CCC1. The van der Waals surface area contributed by atoms with Crippen LogP contribution >= 0.6 is 0 Å². The topological polar surface area (TPSA) is 51.6 Å². The molecule has 0 unspecified atom stereocenters. The number of allylic oxidation sites excluding steroid dienone is 4. The minimum absolute atomic E-state index is 0.857. The molecule has 0 N–H and O–H groups in total. The molecule has 0 fully saturated rings. The van der Waals surface area contributed by atoms with E-state index in [0.717, 1.165) is 96.6 Å². The van der Waals surface area contributed by atoms with Gasteiger partial charge in [0.2, 0.25) is 0 Å². The average Bonchev–Trinajstić information content (AvgIpc) is 3.20. The van der Waals surface area contributed by atoms with Crippen molar-refractivity contribution in [2.24, 2.45) is 0 Å². The Bertz CT molecular complexity index is 2520. The van der Waals surface area contributed by atoms with E-state index in [4.69, 9.17) is 19.9 Å². The Kier molecular flexibility index (Phi) is 7.60. The molecule has 0 bridgehead atoms. The average molecular weight is 641 g/mol. The third-order valence-corrected chi connectivity index (χ3v) is 9.25. The summed E-state index contributed by atoms with van der Waals surface area (Å²) in [5.74, 6) is 0. The van der Waals surface area contributed by atoms with Gasteiger partial charge in [-0.15, -0.1) is 0 Å².